The lowest BCUT2D eigenvalue weighted by Crippen LogP contribution is -2.12. The summed E-state index contributed by atoms with van der Waals surface area (Å²) in [6.07, 6.45) is 0.826. The van der Waals surface area contributed by atoms with Crippen molar-refractivity contribution in [1.29, 1.82) is 0 Å². The number of rotatable bonds is 23. The van der Waals surface area contributed by atoms with Crippen molar-refractivity contribution in [3.05, 3.63) is 132 Å². The number of ether oxygens (including phenoxy) is 3. The Kier molecular flexibility index (Phi) is 25.0. The van der Waals surface area contributed by atoms with Crippen molar-refractivity contribution in [1.82, 2.24) is 15.0 Å². The standard InChI is InChI=1S/C44H44I2N8O13S3.2O3S/c1-3-15-66-39-23-36(53-51-31-9-5-28(26-55)6-10-31)34(45)18-29(39)20-42-48-43(50-44(49-42)47-25-27-7-12-33(13-8-27)69(59,60)61)21-30-19-35(46)37(24-40(30)67-16-4-17-68(56,57)58)54-52-32-11-14-38(65-2)41(22-32)70(62,63)64;2*1-4(2)3/h5-14,18-19,22-24,55H,3-4,15-17,20-21,25-26H2,1-2H3,(H,56,57,58)(H,59,60,61)(H,62,63,64)(H,47,48,49,50);;. The largest absolute Gasteiger partial charge is 0.495 e. The summed E-state index contributed by atoms with van der Waals surface area (Å²) in [4.78, 5) is 13.5. The van der Waals surface area contributed by atoms with Gasteiger partial charge in [-0.3, -0.25) is 13.7 Å². The summed E-state index contributed by atoms with van der Waals surface area (Å²) >= 11 is 4.19. The normalized spacial score (nSPS) is 11.5. The van der Waals surface area contributed by atoms with Crippen molar-refractivity contribution >= 4 is 125 Å². The number of nitrogens with zero attached hydrogens (tertiary/aromatic N) is 7. The number of methoxy groups -OCH3 is 1. The van der Waals surface area contributed by atoms with Crippen LogP contribution in [0.5, 0.6) is 17.2 Å². The lowest BCUT2D eigenvalue weighted by Gasteiger charge is -2.15. The summed E-state index contributed by atoms with van der Waals surface area (Å²) in [5.74, 6) is 0.823. The average molecular weight is 1400 g/mol. The monoisotopic (exact) mass is 1400 g/mol. The van der Waals surface area contributed by atoms with Gasteiger partial charge >= 0.3 is 21.2 Å². The molecule has 0 aliphatic rings. The van der Waals surface area contributed by atoms with Gasteiger partial charge in [0.05, 0.1) is 49.0 Å². The molecule has 78 heavy (non-hydrogen) atoms. The molecule has 0 aliphatic carbocycles. The van der Waals surface area contributed by atoms with E-state index in [-0.39, 0.29) is 78.6 Å². The number of hydrogen-bond acceptors (Lipinski definition) is 24. The molecule has 5 aromatic carbocycles. The molecule has 0 spiro atoms. The molecule has 1 aromatic heterocycles. The van der Waals surface area contributed by atoms with Crippen molar-refractivity contribution in [2.24, 2.45) is 20.5 Å². The molecule has 0 radical (unpaired) electrons. The summed E-state index contributed by atoms with van der Waals surface area (Å²) in [7, 11) is -18.4. The Morgan fingerprint density at radius 3 is 1.55 bits per heavy atom. The van der Waals surface area contributed by atoms with Gasteiger partial charge in [0.1, 0.15) is 45.2 Å². The molecule has 34 heteroatoms. The zero-order valence-corrected chi connectivity index (χ0v) is 48.8. The summed E-state index contributed by atoms with van der Waals surface area (Å²) in [6, 6.07) is 23.4. The third kappa shape index (κ3) is 22.3. The molecule has 27 nitrogen and oxygen atoms in total. The topological polar surface area (TPSA) is 414 Å². The first-order chi connectivity index (χ1) is 36.7. The second-order valence-electron chi connectivity index (χ2n) is 15.4. The number of benzene rings is 5. The maximum Gasteiger partial charge on any atom is 0.425 e. The fraction of sp³-hybridized carbons (Fsp3) is 0.250. The van der Waals surface area contributed by atoms with Gasteiger partial charge < -0.3 is 24.6 Å². The predicted octanol–water partition coefficient (Wildman–Crippen LogP) is 7.14. The van der Waals surface area contributed by atoms with Gasteiger partial charge in [-0.2, -0.15) is 45.4 Å². The molecule has 6 aromatic rings. The lowest BCUT2D eigenvalue weighted by atomic mass is 10.1. The van der Waals surface area contributed by atoms with Gasteiger partial charge in [0, 0.05) is 49.8 Å². The first-order valence-corrected chi connectivity index (χ1v) is 30.4. The Morgan fingerprint density at radius 1 is 0.603 bits per heavy atom. The van der Waals surface area contributed by atoms with Gasteiger partial charge in [-0.05, 0) is 124 Å². The van der Waals surface area contributed by atoms with Crippen molar-refractivity contribution in [3.63, 3.8) is 0 Å². The highest BCUT2D eigenvalue weighted by molar-refractivity contribution is 14.1. The minimum atomic E-state index is -4.67. The van der Waals surface area contributed by atoms with Crippen molar-refractivity contribution < 1.29 is 83.5 Å². The van der Waals surface area contributed by atoms with E-state index in [9.17, 15) is 44.0 Å². The molecule has 0 aliphatic heterocycles. The Balaban J connectivity index is 0.00000153. The molecule has 418 valence electrons. The number of aliphatic hydroxyl groups is 1. The molecule has 0 bridgehead atoms. The summed E-state index contributed by atoms with van der Waals surface area (Å²) in [6.45, 7) is 2.27. The molecule has 0 amide bonds. The Hall–Kier alpha value is -6.10. The van der Waals surface area contributed by atoms with Crippen molar-refractivity contribution in [3.8, 4) is 17.2 Å². The molecule has 0 saturated carbocycles. The maximum absolute atomic E-state index is 12.0. The third-order valence-electron chi connectivity index (χ3n) is 9.71. The maximum atomic E-state index is 12.0. The summed E-state index contributed by atoms with van der Waals surface area (Å²) < 4.78 is 168. The molecule has 1 heterocycles. The average Bonchev–Trinajstić information content (AvgIpc) is 3.36. The van der Waals surface area contributed by atoms with Crippen LogP contribution < -0.4 is 19.5 Å². The van der Waals surface area contributed by atoms with Crippen LogP contribution in [0, 0.1) is 7.14 Å². The van der Waals surface area contributed by atoms with E-state index < -0.39 is 62.2 Å². The van der Waals surface area contributed by atoms with Crippen molar-refractivity contribution in [2.45, 2.75) is 55.5 Å². The second kappa shape index (κ2) is 30.3. The molecule has 0 unspecified atom stereocenters. The van der Waals surface area contributed by atoms with Crippen LogP contribution in [-0.2, 0) is 77.6 Å². The van der Waals surface area contributed by atoms with Crippen LogP contribution >= 0.6 is 45.2 Å². The van der Waals surface area contributed by atoms with Crippen LogP contribution in [0.1, 0.15) is 53.7 Å². The fourth-order valence-corrected chi connectivity index (χ4v) is 9.25. The minimum Gasteiger partial charge on any atom is -0.495 e. The van der Waals surface area contributed by atoms with E-state index in [1.165, 1.54) is 43.5 Å². The number of anilines is 1. The summed E-state index contributed by atoms with van der Waals surface area (Å²) in [5, 5.41) is 29.9. The zero-order chi connectivity index (χ0) is 57.8. The van der Waals surface area contributed by atoms with Gasteiger partial charge in [-0.1, -0.05) is 31.2 Å². The first kappa shape index (κ1) is 64.4. The molecule has 0 fully saturated rings. The highest BCUT2D eigenvalue weighted by atomic mass is 127. The van der Waals surface area contributed by atoms with Gasteiger partial charge in [0.2, 0.25) is 5.95 Å². The predicted molar refractivity (Wildman–Crippen MR) is 293 cm³/mol. The molecular formula is C44H44I2N8O19S5. The number of aromatic nitrogens is 3. The third-order valence-corrected chi connectivity index (χ3v) is 14.0. The SMILES string of the molecule is CCCOc1cc(N=Nc2ccc(CO)cc2)c(I)cc1Cc1nc(Cc2cc(I)c(N=Nc3ccc(OC)c(S(=O)(=O)O)c3)cc2OCCCS(=O)(=O)O)nc(NCc2ccc(S(=O)(=O)O)cc2)n1.O=S(=O)=O.O=S(=O)=O. The smallest absolute Gasteiger partial charge is 0.425 e. The van der Waals surface area contributed by atoms with Crippen LogP contribution in [-0.4, -0.2) is 110 Å². The van der Waals surface area contributed by atoms with Gasteiger partial charge in [-0.15, -0.1) is 35.5 Å². The van der Waals surface area contributed by atoms with Crippen LogP contribution in [0.3, 0.4) is 0 Å². The number of nitrogens with one attached hydrogen (secondary N) is 1. The quantitative estimate of drug-likeness (QED) is 0.0184. The van der Waals surface area contributed by atoms with E-state index in [1.54, 1.807) is 42.5 Å². The first-order valence-electron chi connectivity index (χ1n) is 21.8. The van der Waals surface area contributed by atoms with Crippen LogP contribution in [0.2, 0.25) is 0 Å². The highest BCUT2D eigenvalue weighted by Gasteiger charge is 2.20. The van der Waals surface area contributed by atoms with Crippen molar-refractivity contribution in [2.75, 3.05) is 31.4 Å². The number of halogens is 2. The van der Waals surface area contributed by atoms with E-state index in [2.05, 4.69) is 48.4 Å². The minimum absolute atomic E-state index is 0.0276. The summed E-state index contributed by atoms with van der Waals surface area (Å²) in [5.41, 5.74) is 4.11. The second-order valence-corrected chi connectivity index (χ2v) is 22.9. The molecular weight excluding hydrogens is 1360 g/mol. The van der Waals surface area contributed by atoms with Crippen LogP contribution in [0.25, 0.3) is 0 Å². The Labute approximate surface area is 476 Å². The van der Waals surface area contributed by atoms with Crippen LogP contribution in [0.15, 0.2) is 121 Å². The van der Waals surface area contributed by atoms with E-state index >= 15 is 0 Å². The Bertz CT molecular complexity index is 3700. The molecule has 0 atom stereocenters. The van der Waals surface area contributed by atoms with Gasteiger partial charge in [0.25, 0.3) is 30.4 Å². The fourth-order valence-electron chi connectivity index (χ4n) is 6.33. The van der Waals surface area contributed by atoms with Crippen LogP contribution in [0.4, 0.5) is 28.7 Å². The van der Waals surface area contributed by atoms with Gasteiger partial charge in [0.15, 0.2) is 0 Å². The van der Waals surface area contributed by atoms with E-state index in [0.717, 1.165) is 20.8 Å². The highest BCUT2D eigenvalue weighted by Crippen LogP contribution is 2.36. The van der Waals surface area contributed by atoms with Gasteiger partial charge in [-0.25, -0.2) is 4.98 Å². The number of hydrogen-bond donors (Lipinski definition) is 5. The van der Waals surface area contributed by atoms with E-state index in [4.69, 9.17) is 54.4 Å². The van der Waals surface area contributed by atoms with E-state index in [1.807, 2.05) is 35.6 Å². The Morgan fingerprint density at radius 2 is 1.09 bits per heavy atom. The molecule has 6 rings (SSSR count). The molecule has 5 N–H and O–H groups in total. The lowest BCUT2D eigenvalue weighted by molar-refractivity contribution is 0.282. The zero-order valence-electron chi connectivity index (χ0n) is 40.4. The number of azo groups is 2. The van der Waals surface area contributed by atoms with E-state index in [0.29, 0.717) is 50.7 Å². The molecule has 0 saturated heterocycles. The number of aliphatic hydroxyl groups excluding tert-OH is 1.